The molecule has 0 aromatic heterocycles. The topological polar surface area (TPSA) is 237 Å². The number of esters is 4. The van der Waals surface area contributed by atoms with E-state index in [1.54, 1.807) is 0 Å². The van der Waals surface area contributed by atoms with Crippen LogP contribution in [0.5, 0.6) is 0 Å². The highest BCUT2D eigenvalue weighted by Gasteiger charge is 2.30. The number of phosphoric ester groups is 2. The summed E-state index contributed by atoms with van der Waals surface area (Å²) in [4.78, 5) is 72.8. The van der Waals surface area contributed by atoms with Crippen molar-refractivity contribution in [2.24, 2.45) is 23.7 Å². The molecule has 4 unspecified atom stereocenters. The van der Waals surface area contributed by atoms with Crippen LogP contribution in [0.25, 0.3) is 0 Å². The zero-order chi connectivity index (χ0) is 72.4. The molecule has 0 radical (unpaired) electrons. The molecule has 0 bridgehead atoms. The molecular weight excluding hydrogens is 1280 g/mol. The highest BCUT2D eigenvalue weighted by molar-refractivity contribution is 7.47. The monoisotopic (exact) mass is 1440 g/mol. The van der Waals surface area contributed by atoms with Crippen LogP contribution in [0.3, 0.4) is 0 Å². The molecule has 17 nitrogen and oxygen atoms in total. The number of rotatable bonds is 76. The normalized spacial score (nSPS) is 14.6. The average molecular weight is 1440 g/mol. The van der Waals surface area contributed by atoms with Crippen LogP contribution in [0.15, 0.2) is 0 Å². The van der Waals surface area contributed by atoms with Gasteiger partial charge in [-0.1, -0.05) is 351 Å². The van der Waals surface area contributed by atoms with Crippen molar-refractivity contribution in [3.63, 3.8) is 0 Å². The minimum Gasteiger partial charge on any atom is -0.462 e. The maximum absolute atomic E-state index is 13.1. The summed E-state index contributed by atoms with van der Waals surface area (Å²) < 4.78 is 68.5. The van der Waals surface area contributed by atoms with Crippen LogP contribution in [-0.4, -0.2) is 96.7 Å². The molecule has 0 rings (SSSR count). The van der Waals surface area contributed by atoms with Crippen molar-refractivity contribution < 1.29 is 80.2 Å². The predicted molar refractivity (Wildman–Crippen MR) is 400 cm³/mol. The van der Waals surface area contributed by atoms with Gasteiger partial charge in [-0.05, 0) is 49.4 Å². The number of carbonyl (C=O) groups is 4. The molecule has 0 fully saturated rings. The van der Waals surface area contributed by atoms with E-state index in [1.165, 1.54) is 193 Å². The van der Waals surface area contributed by atoms with Gasteiger partial charge in [0.25, 0.3) is 0 Å². The van der Waals surface area contributed by atoms with E-state index in [9.17, 15) is 43.2 Å². The van der Waals surface area contributed by atoms with E-state index in [2.05, 4.69) is 55.4 Å². The zero-order valence-corrected chi connectivity index (χ0v) is 66.2. The highest BCUT2D eigenvalue weighted by Crippen LogP contribution is 2.45. The van der Waals surface area contributed by atoms with Gasteiger partial charge in [-0.3, -0.25) is 37.3 Å². The Morgan fingerprint density at radius 3 is 0.724 bits per heavy atom. The van der Waals surface area contributed by atoms with Crippen molar-refractivity contribution in [1.29, 1.82) is 0 Å². The molecule has 7 atom stereocenters. The van der Waals surface area contributed by atoms with Crippen LogP contribution in [0.4, 0.5) is 0 Å². The third kappa shape index (κ3) is 69.8. The summed E-state index contributed by atoms with van der Waals surface area (Å²) in [6.45, 7) is 14.2. The minimum absolute atomic E-state index is 0.106. The van der Waals surface area contributed by atoms with Gasteiger partial charge in [-0.15, -0.1) is 0 Å². The fourth-order valence-corrected chi connectivity index (χ4v) is 13.6. The van der Waals surface area contributed by atoms with Gasteiger partial charge in [-0.2, -0.15) is 0 Å². The van der Waals surface area contributed by atoms with E-state index in [1.807, 2.05) is 0 Å². The van der Waals surface area contributed by atoms with Crippen molar-refractivity contribution in [3.8, 4) is 0 Å². The number of hydrogen-bond donors (Lipinski definition) is 3. The van der Waals surface area contributed by atoms with Crippen LogP contribution >= 0.6 is 15.6 Å². The Hall–Kier alpha value is -1.94. The van der Waals surface area contributed by atoms with Crippen molar-refractivity contribution in [2.45, 2.75) is 420 Å². The fourth-order valence-electron chi connectivity index (χ4n) is 12.0. The molecule has 0 aromatic rings. The second-order valence-corrected chi connectivity index (χ2v) is 32.8. The summed E-state index contributed by atoms with van der Waals surface area (Å²) in [5.74, 6) is 0.955. The third-order valence-corrected chi connectivity index (χ3v) is 20.9. The number of ether oxygens (including phenoxy) is 4. The van der Waals surface area contributed by atoms with Crippen molar-refractivity contribution in [1.82, 2.24) is 0 Å². The second kappa shape index (κ2) is 68.2. The Bertz CT molecular complexity index is 1920. The average Bonchev–Trinajstić information content (AvgIpc) is 0.991. The molecule has 0 spiro atoms. The lowest BCUT2D eigenvalue weighted by atomic mass is 9.99. The van der Waals surface area contributed by atoms with E-state index >= 15 is 0 Å². The largest absolute Gasteiger partial charge is 0.472 e. The zero-order valence-electron chi connectivity index (χ0n) is 64.4. The van der Waals surface area contributed by atoms with E-state index < -0.39 is 97.5 Å². The lowest BCUT2D eigenvalue weighted by Gasteiger charge is -2.21. The summed E-state index contributed by atoms with van der Waals surface area (Å²) >= 11 is 0. The summed E-state index contributed by atoms with van der Waals surface area (Å²) in [5, 5.41) is 10.6. The first kappa shape index (κ1) is 96.1. The second-order valence-electron chi connectivity index (χ2n) is 29.9. The number of aliphatic hydroxyl groups is 1. The molecule has 0 saturated heterocycles. The highest BCUT2D eigenvalue weighted by atomic mass is 31.2. The molecular formula is C79H154O17P2. The summed E-state index contributed by atoms with van der Waals surface area (Å²) in [7, 11) is -9.92. The Labute approximate surface area is 600 Å². The molecule has 0 heterocycles. The van der Waals surface area contributed by atoms with Gasteiger partial charge in [0.15, 0.2) is 12.2 Å². The van der Waals surface area contributed by atoms with Gasteiger partial charge in [-0.25, -0.2) is 9.13 Å². The molecule has 0 amide bonds. The number of carbonyl (C=O) groups excluding carboxylic acids is 4. The fraction of sp³-hybridized carbons (Fsp3) is 0.949. The number of unbranched alkanes of at least 4 members (excludes halogenated alkanes) is 40. The maximum atomic E-state index is 13.1. The minimum atomic E-state index is -4.96. The lowest BCUT2D eigenvalue weighted by molar-refractivity contribution is -0.161. The van der Waals surface area contributed by atoms with E-state index in [0.29, 0.717) is 31.6 Å². The molecule has 0 saturated carbocycles. The smallest absolute Gasteiger partial charge is 0.462 e. The maximum Gasteiger partial charge on any atom is 0.472 e. The van der Waals surface area contributed by atoms with Crippen LogP contribution in [-0.2, 0) is 65.4 Å². The Morgan fingerprint density at radius 2 is 0.490 bits per heavy atom. The summed E-state index contributed by atoms with van der Waals surface area (Å²) in [5.41, 5.74) is 0. The first-order valence-electron chi connectivity index (χ1n) is 40.8. The van der Waals surface area contributed by atoms with Gasteiger partial charge in [0.05, 0.1) is 26.4 Å². The van der Waals surface area contributed by atoms with Crippen molar-refractivity contribution >= 4 is 39.5 Å². The quantitative estimate of drug-likeness (QED) is 0.0222. The molecule has 3 N–H and O–H groups in total. The van der Waals surface area contributed by atoms with E-state index in [-0.39, 0.29) is 25.7 Å². The van der Waals surface area contributed by atoms with Crippen LogP contribution < -0.4 is 0 Å². The SMILES string of the molecule is CCC(C)CCCCCCCCCCCCCCCCCCCCC(=O)O[C@H](COC(=O)CCCCCCCCC(C)CC)COP(=O)(O)OC[C@@H](O)COP(=O)(O)OC[C@@H](COC(=O)CCCCCCCCC(C)C)OC(=O)CCCCCCCCCCCCCCCCC(C)C. The molecule has 19 heteroatoms. The van der Waals surface area contributed by atoms with Crippen LogP contribution in [0.2, 0.25) is 0 Å². The third-order valence-electron chi connectivity index (χ3n) is 19.0. The Kier molecular flexibility index (Phi) is 66.8. The summed E-state index contributed by atoms with van der Waals surface area (Å²) in [6.07, 6.45) is 54.4. The first-order valence-corrected chi connectivity index (χ1v) is 43.8. The van der Waals surface area contributed by atoms with Gasteiger partial charge in [0.2, 0.25) is 0 Å². The Morgan fingerprint density at radius 1 is 0.286 bits per heavy atom. The standard InChI is InChI=1S/C79H154O17P2/c1-9-71(7)57-49-41-32-28-24-20-15-13-11-12-14-16-21-25-29-33-45-53-61-79(84)96-75(66-90-77(82)60-52-44-38-36-42-50-58-72(8)10-2)68-94-98(87,88)92-64-73(80)63-91-97(85,86)93-67-74(65-89-76(81)59-51-43-37-35-40-48-56-70(5)6)95-78(83)62-54-46-34-30-26-22-18-17-19-23-27-31-39-47-55-69(3)4/h69-75,80H,9-68H2,1-8H3,(H,85,86)(H,87,88)/t71?,72?,73-,74+,75+/m0/s1. The van der Waals surface area contributed by atoms with Gasteiger partial charge in [0.1, 0.15) is 19.3 Å². The predicted octanol–water partition coefficient (Wildman–Crippen LogP) is 23.2. The van der Waals surface area contributed by atoms with E-state index in [0.717, 1.165) is 120 Å². The first-order chi connectivity index (χ1) is 47.2. The van der Waals surface area contributed by atoms with Crippen molar-refractivity contribution in [3.05, 3.63) is 0 Å². The van der Waals surface area contributed by atoms with Gasteiger partial charge >= 0.3 is 39.5 Å². The lowest BCUT2D eigenvalue weighted by Crippen LogP contribution is -2.30. The molecule has 0 aromatic carbocycles. The molecule has 0 aliphatic heterocycles. The Balaban J connectivity index is 5.15. The number of phosphoric acid groups is 2. The molecule has 0 aliphatic carbocycles. The molecule has 98 heavy (non-hydrogen) atoms. The van der Waals surface area contributed by atoms with E-state index in [4.69, 9.17) is 37.0 Å². The van der Waals surface area contributed by atoms with Gasteiger partial charge < -0.3 is 33.8 Å². The van der Waals surface area contributed by atoms with Crippen molar-refractivity contribution in [2.75, 3.05) is 39.6 Å². The van der Waals surface area contributed by atoms with Crippen LogP contribution in [0, 0.1) is 23.7 Å². The molecule has 0 aliphatic rings. The number of hydrogen-bond acceptors (Lipinski definition) is 15. The van der Waals surface area contributed by atoms with Gasteiger partial charge in [0, 0.05) is 25.7 Å². The summed E-state index contributed by atoms with van der Waals surface area (Å²) in [6, 6.07) is 0. The molecule has 582 valence electrons. The van der Waals surface area contributed by atoms with Crippen LogP contribution in [0.1, 0.15) is 402 Å². The number of aliphatic hydroxyl groups excluding tert-OH is 1.